The normalized spacial score (nSPS) is 11.3. The van der Waals surface area contributed by atoms with Crippen LogP contribution in [0.25, 0.3) is 22.0 Å². The van der Waals surface area contributed by atoms with Gasteiger partial charge in [-0.05, 0) is 30.3 Å². The average Bonchev–Trinajstić information content (AvgIpc) is 3.16. The molecule has 0 bridgehead atoms. The predicted octanol–water partition coefficient (Wildman–Crippen LogP) is 4.76. The number of aliphatic hydroxyl groups excluding tert-OH is 1. The number of hydrogen-bond acceptors (Lipinski definition) is 3. The molecule has 5 nitrogen and oxygen atoms in total. The number of halogens is 1. The lowest BCUT2D eigenvalue weighted by molar-refractivity contribution is 0.235. The average molecular weight is 356 g/mol. The number of benzene rings is 2. The van der Waals surface area contributed by atoms with E-state index in [9.17, 15) is 0 Å². The number of anilines is 2. The van der Waals surface area contributed by atoms with Crippen LogP contribution < -0.4 is 10.1 Å². The van der Waals surface area contributed by atoms with E-state index in [1.54, 1.807) is 0 Å². The minimum atomic E-state index is 0.125. The molecule has 0 fully saturated rings. The first-order valence-electron chi connectivity index (χ1n) is 8.14. The standard InChI is InChI=1S/C19H18ClN3O2/c20-12-4-1-5-13(10-12)21-19-16-11-15-14(18(16)22-23-19)6-2-7-17(15)25-9-3-8-24/h1-2,4-7,10-11,21-24H,3,8-9H2. The van der Waals surface area contributed by atoms with Crippen LogP contribution in [0.1, 0.15) is 6.42 Å². The van der Waals surface area contributed by atoms with Gasteiger partial charge in [-0.1, -0.05) is 29.8 Å². The number of ether oxygens (including phenoxy) is 1. The molecule has 0 aromatic heterocycles. The molecular weight excluding hydrogens is 338 g/mol. The molecular formula is C19H18ClN3O2. The van der Waals surface area contributed by atoms with Gasteiger partial charge in [-0.15, -0.1) is 0 Å². The first-order valence-corrected chi connectivity index (χ1v) is 8.52. The SMILES string of the molecule is OCCCOc1cccc2c3[nH][nH]c(Nc4cccc(Cl)c4)c-3cc12. The minimum absolute atomic E-state index is 0.125. The van der Waals surface area contributed by atoms with Crippen molar-refractivity contribution in [1.29, 1.82) is 0 Å². The molecule has 25 heavy (non-hydrogen) atoms. The van der Waals surface area contributed by atoms with Gasteiger partial charge in [0.2, 0.25) is 0 Å². The van der Waals surface area contributed by atoms with Crippen molar-refractivity contribution in [2.75, 3.05) is 18.5 Å². The largest absolute Gasteiger partial charge is 0.493 e. The maximum Gasteiger partial charge on any atom is 0.132 e. The second-order valence-electron chi connectivity index (χ2n) is 5.84. The first-order chi connectivity index (χ1) is 12.3. The summed E-state index contributed by atoms with van der Waals surface area (Å²) in [5.74, 6) is 1.69. The summed E-state index contributed by atoms with van der Waals surface area (Å²) in [5, 5.41) is 21.5. The lowest BCUT2D eigenvalue weighted by Crippen LogP contribution is -1.99. The van der Waals surface area contributed by atoms with Crippen LogP contribution in [0.4, 0.5) is 11.5 Å². The summed E-state index contributed by atoms with van der Waals surface area (Å²) in [6.07, 6.45) is 0.615. The first kappa shape index (κ1) is 15.9. The summed E-state index contributed by atoms with van der Waals surface area (Å²) in [4.78, 5) is 0. The van der Waals surface area contributed by atoms with Gasteiger partial charge >= 0.3 is 0 Å². The molecule has 2 aromatic rings. The minimum Gasteiger partial charge on any atom is -0.493 e. The molecule has 4 N–H and O–H groups in total. The van der Waals surface area contributed by atoms with Crippen LogP contribution in [0.3, 0.4) is 0 Å². The molecule has 2 aromatic carbocycles. The van der Waals surface area contributed by atoms with Gasteiger partial charge in [-0.25, -0.2) is 0 Å². The van der Waals surface area contributed by atoms with Crippen LogP contribution in [0.5, 0.6) is 5.75 Å². The van der Waals surface area contributed by atoms with Crippen molar-refractivity contribution in [2.24, 2.45) is 0 Å². The maximum absolute atomic E-state index is 8.93. The van der Waals surface area contributed by atoms with Crippen molar-refractivity contribution in [3.05, 3.63) is 53.6 Å². The highest BCUT2D eigenvalue weighted by molar-refractivity contribution is 6.30. The quantitative estimate of drug-likeness (QED) is 0.377. The molecule has 0 radical (unpaired) electrons. The van der Waals surface area contributed by atoms with Crippen LogP contribution in [0, 0.1) is 0 Å². The third-order valence-electron chi connectivity index (χ3n) is 4.13. The van der Waals surface area contributed by atoms with E-state index in [2.05, 4.69) is 27.6 Å². The summed E-state index contributed by atoms with van der Waals surface area (Å²) < 4.78 is 5.81. The van der Waals surface area contributed by atoms with E-state index in [1.807, 2.05) is 36.4 Å². The highest BCUT2D eigenvalue weighted by Crippen LogP contribution is 2.41. The Morgan fingerprint density at radius 3 is 2.76 bits per heavy atom. The Morgan fingerprint density at radius 1 is 1.04 bits per heavy atom. The number of rotatable bonds is 6. The molecule has 0 atom stereocenters. The Balaban J connectivity index is 1.70. The van der Waals surface area contributed by atoms with Gasteiger partial charge in [0.05, 0.1) is 12.3 Å². The second kappa shape index (κ2) is 6.70. The third kappa shape index (κ3) is 3.04. The van der Waals surface area contributed by atoms with E-state index in [-0.39, 0.29) is 6.61 Å². The summed E-state index contributed by atoms with van der Waals surface area (Å²) in [7, 11) is 0. The van der Waals surface area contributed by atoms with Gasteiger partial charge in [0.1, 0.15) is 11.6 Å². The molecule has 1 aliphatic carbocycles. The second-order valence-corrected chi connectivity index (χ2v) is 6.27. The highest BCUT2D eigenvalue weighted by Gasteiger charge is 2.19. The zero-order valence-corrected chi connectivity index (χ0v) is 14.2. The Hall–Kier alpha value is -2.63. The summed E-state index contributed by atoms with van der Waals surface area (Å²) >= 11 is 6.06. The van der Waals surface area contributed by atoms with Crippen molar-refractivity contribution in [3.63, 3.8) is 0 Å². The molecule has 128 valence electrons. The third-order valence-corrected chi connectivity index (χ3v) is 4.36. The molecule has 1 heterocycles. The number of aliphatic hydroxyl groups is 1. The van der Waals surface area contributed by atoms with Gasteiger partial charge in [-0.3, -0.25) is 10.2 Å². The summed E-state index contributed by atoms with van der Waals surface area (Å²) in [5.41, 5.74) is 2.98. The van der Waals surface area contributed by atoms with Crippen LogP contribution in [0.2, 0.25) is 5.02 Å². The molecule has 6 heteroatoms. The van der Waals surface area contributed by atoms with E-state index in [4.69, 9.17) is 21.4 Å². The summed E-state index contributed by atoms with van der Waals surface area (Å²) in [6.45, 7) is 0.620. The van der Waals surface area contributed by atoms with Crippen LogP contribution >= 0.6 is 11.6 Å². The molecule has 0 saturated carbocycles. The van der Waals surface area contributed by atoms with Crippen LogP contribution in [-0.2, 0) is 0 Å². The molecule has 0 saturated heterocycles. The topological polar surface area (TPSA) is 73.1 Å². The predicted molar refractivity (Wildman–Crippen MR) is 101 cm³/mol. The van der Waals surface area contributed by atoms with Gasteiger partial charge in [0.25, 0.3) is 0 Å². The van der Waals surface area contributed by atoms with Crippen molar-refractivity contribution < 1.29 is 9.84 Å². The number of H-pyrrole nitrogens is 2. The van der Waals surface area contributed by atoms with Crippen LogP contribution in [-0.4, -0.2) is 28.5 Å². The van der Waals surface area contributed by atoms with Crippen molar-refractivity contribution >= 4 is 33.9 Å². The molecule has 4 rings (SSSR count). The lowest BCUT2D eigenvalue weighted by Gasteiger charge is -2.06. The highest BCUT2D eigenvalue weighted by atomic mass is 35.5. The Morgan fingerprint density at radius 2 is 1.92 bits per heavy atom. The fourth-order valence-corrected chi connectivity index (χ4v) is 3.17. The zero-order chi connectivity index (χ0) is 17.2. The molecule has 0 amide bonds. The monoisotopic (exact) mass is 355 g/mol. The zero-order valence-electron chi connectivity index (χ0n) is 13.5. The van der Waals surface area contributed by atoms with Crippen molar-refractivity contribution in [1.82, 2.24) is 10.2 Å². The molecule has 0 spiro atoms. The van der Waals surface area contributed by atoms with Gasteiger partial charge < -0.3 is 15.2 Å². The fourth-order valence-electron chi connectivity index (χ4n) is 2.98. The van der Waals surface area contributed by atoms with Gasteiger partial charge in [0, 0.05) is 40.1 Å². The van der Waals surface area contributed by atoms with Gasteiger partial charge in [0.15, 0.2) is 0 Å². The van der Waals surface area contributed by atoms with E-state index in [1.165, 1.54) is 0 Å². The van der Waals surface area contributed by atoms with Gasteiger partial charge in [-0.2, -0.15) is 0 Å². The number of nitrogens with one attached hydrogen (secondary N) is 3. The Kier molecular flexibility index (Phi) is 4.26. The fraction of sp³-hybridized carbons (Fsp3) is 0.158. The van der Waals surface area contributed by atoms with E-state index >= 15 is 0 Å². The number of aromatic nitrogens is 2. The van der Waals surface area contributed by atoms with Crippen LogP contribution in [0.15, 0.2) is 48.5 Å². The molecule has 1 aliphatic heterocycles. The smallest absolute Gasteiger partial charge is 0.132 e. The van der Waals surface area contributed by atoms with Crippen molar-refractivity contribution in [2.45, 2.75) is 6.42 Å². The summed E-state index contributed by atoms with van der Waals surface area (Å²) in [6, 6.07) is 15.7. The lowest BCUT2D eigenvalue weighted by atomic mass is 10.2. The van der Waals surface area contributed by atoms with E-state index in [0.29, 0.717) is 18.1 Å². The van der Waals surface area contributed by atoms with Crippen molar-refractivity contribution in [3.8, 4) is 17.0 Å². The number of hydrogen-bond donors (Lipinski definition) is 4. The van der Waals surface area contributed by atoms with E-state index in [0.717, 1.165) is 39.3 Å². The Labute approximate surface area is 149 Å². The van der Waals surface area contributed by atoms with E-state index < -0.39 is 0 Å². The number of fused-ring (bicyclic) bond motifs is 3. The number of aromatic amines is 2. The molecule has 2 aliphatic rings. The maximum atomic E-state index is 8.93. The Bertz CT molecular complexity index is 976. The molecule has 0 unspecified atom stereocenters.